The Morgan fingerprint density at radius 3 is 2.53 bits per heavy atom. The minimum absolute atomic E-state index is 0.0687. The first-order valence-electron chi connectivity index (χ1n) is 3.78. The van der Waals surface area contributed by atoms with Gasteiger partial charge in [0.05, 0.1) is 9.62 Å². The second kappa shape index (κ2) is 3.24. The van der Waals surface area contributed by atoms with Crippen LogP contribution < -0.4 is 0 Å². The summed E-state index contributed by atoms with van der Waals surface area (Å²) in [4.78, 5) is 23.4. The molecule has 7 nitrogen and oxygen atoms in total. The minimum atomic E-state index is -0.658. The molecule has 0 spiro atoms. The second-order valence-corrected chi connectivity index (χ2v) is 3.64. The monoisotopic (exact) mass is 225 g/mol. The number of nitro benzene ring substituents is 1. The van der Waals surface area contributed by atoms with Crippen LogP contribution in [0.4, 0.5) is 10.8 Å². The van der Waals surface area contributed by atoms with Crippen LogP contribution in [0.3, 0.4) is 0 Å². The maximum atomic E-state index is 10.6. The number of fused-ring (bicyclic) bond motifs is 1. The fourth-order valence-corrected chi connectivity index (χ4v) is 1.95. The predicted molar refractivity (Wildman–Crippen MR) is 52.9 cm³/mol. The van der Waals surface area contributed by atoms with Gasteiger partial charge in [-0.15, -0.1) is 0 Å². The molecule has 0 amide bonds. The summed E-state index contributed by atoms with van der Waals surface area (Å²) in [5.74, 6) is 0. The summed E-state index contributed by atoms with van der Waals surface area (Å²) in [7, 11) is 0. The highest BCUT2D eigenvalue weighted by atomic mass is 32.1. The molecule has 1 aromatic heterocycles. The molecular weight excluding hydrogens is 222 g/mol. The molecule has 2 aromatic rings. The number of aromatic nitrogens is 1. The minimum Gasteiger partial charge on any atom is -0.357 e. The molecule has 0 radical (unpaired) electrons. The predicted octanol–water partition coefficient (Wildman–Crippen LogP) is 2.11. The molecule has 0 aliphatic heterocycles. The highest BCUT2D eigenvalue weighted by Crippen LogP contribution is 2.32. The summed E-state index contributed by atoms with van der Waals surface area (Å²) in [5, 5.41) is 20.7. The van der Waals surface area contributed by atoms with Gasteiger partial charge in [-0.1, -0.05) is 6.07 Å². The van der Waals surface area contributed by atoms with Gasteiger partial charge >= 0.3 is 10.8 Å². The van der Waals surface area contributed by atoms with Crippen LogP contribution in [0.15, 0.2) is 18.2 Å². The van der Waals surface area contributed by atoms with Crippen LogP contribution in [0.25, 0.3) is 10.2 Å². The third-order valence-corrected chi connectivity index (χ3v) is 2.71. The third kappa shape index (κ3) is 1.50. The average Bonchev–Trinajstić information content (AvgIpc) is 2.60. The van der Waals surface area contributed by atoms with E-state index in [1.54, 1.807) is 6.07 Å². The standard InChI is InChI=1S/C7H3N3O4S/c11-9(12)4-2-1-3-5-6(4)8-7(15-5)10(13)14/h1-3H. The Bertz CT molecular complexity index is 564. The molecule has 0 aliphatic carbocycles. The zero-order valence-electron chi connectivity index (χ0n) is 7.11. The molecule has 1 aromatic carbocycles. The number of benzene rings is 1. The summed E-state index contributed by atoms with van der Waals surface area (Å²) in [6.07, 6.45) is 0. The summed E-state index contributed by atoms with van der Waals surface area (Å²) >= 11 is 0.822. The van der Waals surface area contributed by atoms with Crippen LogP contribution in [-0.2, 0) is 0 Å². The summed E-state index contributed by atoms with van der Waals surface area (Å²) in [6, 6.07) is 4.31. The maximum absolute atomic E-state index is 10.6. The van der Waals surface area contributed by atoms with Crippen LogP contribution in [0, 0.1) is 20.2 Å². The van der Waals surface area contributed by atoms with Crippen molar-refractivity contribution in [2.24, 2.45) is 0 Å². The van der Waals surface area contributed by atoms with Gasteiger partial charge in [-0.3, -0.25) is 10.1 Å². The molecule has 1 heterocycles. The zero-order chi connectivity index (χ0) is 11.0. The van der Waals surface area contributed by atoms with Gasteiger partial charge in [-0.25, -0.2) is 0 Å². The van der Waals surface area contributed by atoms with E-state index >= 15 is 0 Å². The lowest BCUT2D eigenvalue weighted by Gasteiger charge is -1.86. The molecule has 0 bridgehead atoms. The fraction of sp³-hybridized carbons (Fsp3) is 0. The Balaban J connectivity index is 2.75. The molecule has 0 atom stereocenters. The first-order chi connectivity index (χ1) is 7.09. The number of non-ortho nitro benzene ring substituents is 1. The number of nitrogens with zero attached hydrogens (tertiary/aromatic N) is 3. The lowest BCUT2D eigenvalue weighted by Crippen LogP contribution is -1.89. The van der Waals surface area contributed by atoms with Gasteiger partial charge in [0.2, 0.25) is 0 Å². The van der Waals surface area contributed by atoms with E-state index in [9.17, 15) is 20.2 Å². The number of thiazole rings is 1. The topological polar surface area (TPSA) is 99.2 Å². The lowest BCUT2D eigenvalue weighted by molar-refractivity contribution is -0.386. The molecule has 0 saturated heterocycles. The summed E-state index contributed by atoms with van der Waals surface area (Å²) in [6.45, 7) is 0. The molecule has 76 valence electrons. The second-order valence-electron chi connectivity index (χ2n) is 2.63. The maximum Gasteiger partial charge on any atom is 0.424 e. The Morgan fingerprint density at radius 2 is 1.93 bits per heavy atom. The molecule has 8 heteroatoms. The van der Waals surface area contributed by atoms with Crippen molar-refractivity contribution in [3.05, 3.63) is 38.4 Å². The van der Waals surface area contributed by atoms with Crippen molar-refractivity contribution in [2.45, 2.75) is 0 Å². The van der Waals surface area contributed by atoms with E-state index in [0.29, 0.717) is 4.70 Å². The smallest absolute Gasteiger partial charge is 0.357 e. The first kappa shape index (κ1) is 9.46. The fourth-order valence-electron chi connectivity index (χ4n) is 1.15. The Kier molecular flexibility index (Phi) is 2.05. The van der Waals surface area contributed by atoms with Crippen LogP contribution in [-0.4, -0.2) is 14.8 Å². The van der Waals surface area contributed by atoms with Crippen molar-refractivity contribution >= 4 is 32.4 Å². The van der Waals surface area contributed by atoms with Crippen LogP contribution in [0.1, 0.15) is 0 Å². The van der Waals surface area contributed by atoms with Crippen molar-refractivity contribution in [3.63, 3.8) is 0 Å². The highest BCUT2D eigenvalue weighted by Gasteiger charge is 2.23. The van der Waals surface area contributed by atoms with Crippen LogP contribution in [0.5, 0.6) is 0 Å². The summed E-state index contributed by atoms with van der Waals surface area (Å²) in [5.41, 5.74) is -0.143. The van der Waals surface area contributed by atoms with Gasteiger partial charge in [0.25, 0.3) is 5.52 Å². The number of para-hydroxylation sites is 1. The van der Waals surface area contributed by atoms with Gasteiger partial charge in [0.1, 0.15) is 0 Å². The lowest BCUT2D eigenvalue weighted by atomic mass is 10.3. The average molecular weight is 225 g/mol. The molecule has 0 fully saturated rings. The van der Waals surface area contributed by atoms with Crippen LogP contribution >= 0.6 is 11.3 Å². The molecular formula is C7H3N3O4S. The van der Waals surface area contributed by atoms with E-state index in [4.69, 9.17) is 0 Å². The number of hydrogen-bond donors (Lipinski definition) is 0. The number of hydrogen-bond acceptors (Lipinski definition) is 6. The quantitative estimate of drug-likeness (QED) is 0.575. The van der Waals surface area contributed by atoms with Crippen molar-refractivity contribution in [3.8, 4) is 0 Å². The van der Waals surface area contributed by atoms with Gasteiger partial charge in [-0.2, -0.15) is 0 Å². The normalized spacial score (nSPS) is 10.4. The molecule has 0 aliphatic rings. The Hall–Kier alpha value is -2.09. The van der Waals surface area contributed by atoms with E-state index in [1.165, 1.54) is 12.1 Å². The molecule has 0 unspecified atom stereocenters. The zero-order valence-corrected chi connectivity index (χ0v) is 7.93. The number of rotatable bonds is 2. The molecule has 0 saturated carbocycles. The molecule has 15 heavy (non-hydrogen) atoms. The highest BCUT2D eigenvalue weighted by molar-refractivity contribution is 7.21. The van der Waals surface area contributed by atoms with Crippen molar-refractivity contribution in [2.75, 3.05) is 0 Å². The third-order valence-electron chi connectivity index (χ3n) is 1.74. The number of nitro groups is 2. The van der Waals surface area contributed by atoms with Crippen LogP contribution in [0.2, 0.25) is 0 Å². The van der Waals surface area contributed by atoms with E-state index in [-0.39, 0.29) is 16.3 Å². The largest absolute Gasteiger partial charge is 0.424 e. The van der Waals surface area contributed by atoms with E-state index in [1.807, 2.05) is 0 Å². The van der Waals surface area contributed by atoms with Crippen molar-refractivity contribution in [1.82, 2.24) is 4.98 Å². The Labute approximate surface area is 86.3 Å². The van der Waals surface area contributed by atoms with Gasteiger partial charge in [0, 0.05) is 6.07 Å². The van der Waals surface area contributed by atoms with Crippen molar-refractivity contribution < 1.29 is 9.85 Å². The van der Waals surface area contributed by atoms with Gasteiger partial charge < -0.3 is 10.1 Å². The molecule has 0 N–H and O–H groups in total. The SMILES string of the molecule is O=[N+]([O-])c1nc2c([N+](=O)[O-])cccc2s1. The van der Waals surface area contributed by atoms with E-state index in [2.05, 4.69) is 4.98 Å². The first-order valence-corrected chi connectivity index (χ1v) is 4.59. The van der Waals surface area contributed by atoms with E-state index in [0.717, 1.165) is 11.3 Å². The van der Waals surface area contributed by atoms with Crippen molar-refractivity contribution in [1.29, 1.82) is 0 Å². The summed E-state index contributed by atoms with van der Waals surface area (Å²) < 4.78 is 0.441. The Morgan fingerprint density at radius 1 is 1.20 bits per heavy atom. The van der Waals surface area contributed by atoms with E-state index < -0.39 is 9.85 Å². The van der Waals surface area contributed by atoms with Gasteiger partial charge in [-0.05, 0) is 27.3 Å². The van der Waals surface area contributed by atoms with Gasteiger partial charge in [0.15, 0.2) is 0 Å². The molecule has 2 rings (SSSR count).